The van der Waals surface area contributed by atoms with Crippen molar-refractivity contribution in [1.29, 1.82) is 0 Å². The Bertz CT molecular complexity index is 346. The average Bonchev–Trinajstić information content (AvgIpc) is 2.73. The fourth-order valence-corrected chi connectivity index (χ4v) is 3.04. The molecule has 0 N–H and O–H groups in total. The SMILES string of the molecule is CN1CCCCC1c1cn2c(n1)CCCC2. The lowest BCUT2D eigenvalue weighted by atomic mass is 10.0. The van der Waals surface area contributed by atoms with Gasteiger partial charge in [0.1, 0.15) is 5.82 Å². The van der Waals surface area contributed by atoms with Crippen LogP contribution in [0.25, 0.3) is 0 Å². The molecule has 1 aromatic heterocycles. The van der Waals surface area contributed by atoms with Crippen LogP contribution in [0.4, 0.5) is 0 Å². The molecule has 1 aromatic rings. The summed E-state index contributed by atoms with van der Waals surface area (Å²) < 4.78 is 2.38. The predicted octanol–water partition coefficient (Wildman–Crippen LogP) is 2.38. The van der Waals surface area contributed by atoms with E-state index in [-0.39, 0.29) is 0 Å². The van der Waals surface area contributed by atoms with Crippen molar-refractivity contribution in [3.63, 3.8) is 0 Å². The number of aromatic nitrogens is 2. The first-order valence-electron chi connectivity index (χ1n) is 6.61. The molecular formula is C13H21N3. The zero-order valence-electron chi connectivity index (χ0n) is 10.2. The monoisotopic (exact) mass is 219 g/mol. The molecule has 0 amide bonds. The zero-order valence-corrected chi connectivity index (χ0v) is 10.2. The van der Waals surface area contributed by atoms with Gasteiger partial charge in [-0.3, -0.25) is 4.90 Å². The maximum absolute atomic E-state index is 4.85. The van der Waals surface area contributed by atoms with Gasteiger partial charge in [-0.2, -0.15) is 0 Å². The smallest absolute Gasteiger partial charge is 0.109 e. The molecule has 16 heavy (non-hydrogen) atoms. The van der Waals surface area contributed by atoms with E-state index in [4.69, 9.17) is 4.98 Å². The first kappa shape index (κ1) is 10.3. The van der Waals surface area contributed by atoms with Crippen molar-refractivity contribution in [3.05, 3.63) is 17.7 Å². The van der Waals surface area contributed by atoms with E-state index < -0.39 is 0 Å². The fraction of sp³-hybridized carbons (Fsp3) is 0.769. The highest BCUT2D eigenvalue weighted by Crippen LogP contribution is 2.29. The molecule has 0 aromatic carbocycles. The van der Waals surface area contributed by atoms with Crippen molar-refractivity contribution in [1.82, 2.24) is 14.5 Å². The van der Waals surface area contributed by atoms with E-state index in [1.165, 1.54) is 63.1 Å². The van der Waals surface area contributed by atoms with Crippen LogP contribution in [-0.2, 0) is 13.0 Å². The highest BCUT2D eigenvalue weighted by atomic mass is 15.2. The minimum atomic E-state index is 0.576. The molecule has 0 bridgehead atoms. The summed E-state index contributed by atoms with van der Waals surface area (Å²) in [6.07, 6.45) is 10.1. The van der Waals surface area contributed by atoms with E-state index >= 15 is 0 Å². The van der Waals surface area contributed by atoms with Gasteiger partial charge in [-0.1, -0.05) is 6.42 Å². The molecule has 3 rings (SSSR count). The Kier molecular flexibility index (Phi) is 2.72. The summed E-state index contributed by atoms with van der Waals surface area (Å²) >= 11 is 0. The molecular weight excluding hydrogens is 198 g/mol. The summed E-state index contributed by atoms with van der Waals surface area (Å²) in [5.74, 6) is 1.32. The number of hydrogen-bond acceptors (Lipinski definition) is 2. The minimum absolute atomic E-state index is 0.576. The second-order valence-electron chi connectivity index (χ2n) is 5.22. The summed E-state index contributed by atoms with van der Waals surface area (Å²) in [6, 6.07) is 0.576. The zero-order chi connectivity index (χ0) is 11.0. The van der Waals surface area contributed by atoms with Gasteiger partial charge in [-0.15, -0.1) is 0 Å². The summed E-state index contributed by atoms with van der Waals surface area (Å²) in [4.78, 5) is 7.32. The number of imidazole rings is 1. The second-order valence-corrected chi connectivity index (χ2v) is 5.22. The number of nitrogens with zero attached hydrogens (tertiary/aromatic N) is 3. The number of likely N-dealkylation sites (tertiary alicyclic amines) is 1. The third kappa shape index (κ3) is 1.77. The summed E-state index contributed by atoms with van der Waals surface area (Å²) in [5.41, 5.74) is 1.32. The first-order chi connectivity index (χ1) is 7.84. The number of hydrogen-bond donors (Lipinski definition) is 0. The molecule has 3 heteroatoms. The first-order valence-corrected chi connectivity index (χ1v) is 6.61. The van der Waals surface area contributed by atoms with Gasteiger partial charge in [-0.25, -0.2) is 4.98 Å². The normalized spacial score (nSPS) is 26.7. The maximum atomic E-state index is 4.85. The van der Waals surface area contributed by atoms with Gasteiger partial charge < -0.3 is 4.57 Å². The topological polar surface area (TPSA) is 21.1 Å². The van der Waals surface area contributed by atoms with Crippen molar-refractivity contribution >= 4 is 0 Å². The molecule has 1 saturated heterocycles. The molecule has 0 aliphatic carbocycles. The van der Waals surface area contributed by atoms with E-state index in [1.807, 2.05) is 0 Å². The molecule has 0 saturated carbocycles. The van der Waals surface area contributed by atoms with E-state index in [1.54, 1.807) is 0 Å². The lowest BCUT2D eigenvalue weighted by molar-refractivity contribution is 0.184. The Morgan fingerprint density at radius 3 is 2.88 bits per heavy atom. The van der Waals surface area contributed by atoms with Crippen LogP contribution in [0.1, 0.15) is 49.7 Å². The molecule has 0 radical (unpaired) electrons. The van der Waals surface area contributed by atoms with E-state index in [9.17, 15) is 0 Å². The van der Waals surface area contributed by atoms with Crippen LogP contribution in [0.3, 0.4) is 0 Å². The minimum Gasteiger partial charge on any atom is -0.335 e. The largest absolute Gasteiger partial charge is 0.335 e. The third-order valence-electron chi connectivity index (χ3n) is 4.04. The average molecular weight is 219 g/mol. The molecule has 0 spiro atoms. The summed E-state index contributed by atoms with van der Waals surface area (Å²) in [7, 11) is 2.24. The van der Waals surface area contributed by atoms with Gasteiger partial charge in [0, 0.05) is 19.2 Å². The van der Waals surface area contributed by atoms with Crippen molar-refractivity contribution in [2.75, 3.05) is 13.6 Å². The van der Waals surface area contributed by atoms with Crippen molar-refractivity contribution in [2.45, 2.75) is 51.1 Å². The number of fused-ring (bicyclic) bond motifs is 1. The van der Waals surface area contributed by atoms with Gasteiger partial charge in [0.25, 0.3) is 0 Å². The van der Waals surface area contributed by atoms with Gasteiger partial charge in [0.05, 0.1) is 11.7 Å². The van der Waals surface area contributed by atoms with E-state index in [2.05, 4.69) is 22.7 Å². The molecule has 3 nitrogen and oxygen atoms in total. The van der Waals surface area contributed by atoms with Gasteiger partial charge in [-0.05, 0) is 39.3 Å². The quantitative estimate of drug-likeness (QED) is 0.723. The van der Waals surface area contributed by atoms with Crippen LogP contribution in [-0.4, -0.2) is 28.0 Å². The molecule has 1 unspecified atom stereocenters. The number of aryl methyl sites for hydroxylation is 2. The Morgan fingerprint density at radius 1 is 1.19 bits per heavy atom. The Hall–Kier alpha value is -0.830. The Labute approximate surface area is 97.5 Å². The Balaban J connectivity index is 1.85. The van der Waals surface area contributed by atoms with Gasteiger partial charge >= 0.3 is 0 Å². The Morgan fingerprint density at radius 2 is 2.06 bits per heavy atom. The van der Waals surface area contributed by atoms with Crippen LogP contribution in [0.2, 0.25) is 0 Å². The van der Waals surface area contributed by atoms with Gasteiger partial charge in [0.15, 0.2) is 0 Å². The molecule has 2 aliphatic heterocycles. The predicted molar refractivity (Wildman–Crippen MR) is 64.4 cm³/mol. The molecule has 2 aliphatic rings. The van der Waals surface area contributed by atoms with Crippen molar-refractivity contribution in [3.8, 4) is 0 Å². The molecule has 88 valence electrons. The van der Waals surface area contributed by atoms with E-state index in [0.717, 1.165) is 0 Å². The lowest BCUT2D eigenvalue weighted by Crippen LogP contribution is -2.29. The van der Waals surface area contributed by atoms with Crippen molar-refractivity contribution < 1.29 is 0 Å². The fourth-order valence-electron chi connectivity index (χ4n) is 3.04. The van der Waals surface area contributed by atoms with Crippen molar-refractivity contribution in [2.24, 2.45) is 0 Å². The molecule has 1 atom stereocenters. The highest BCUT2D eigenvalue weighted by Gasteiger charge is 2.24. The van der Waals surface area contributed by atoms with Crippen LogP contribution in [0, 0.1) is 0 Å². The maximum Gasteiger partial charge on any atom is 0.109 e. The highest BCUT2D eigenvalue weighted by molar-refractivity contribution is 5.11. The van der Waals surface area contributed by atoms with Gasteiger partial charge in [0.2, 0.25) is 0 Å². The van der Waals surface area contributed by atoms with Crippen LogP contribution in [0.5, 0.6) is 0 Å². The standard InChI is InChI=1S/C13H21N3/c1-15-8-4-2-6-12(15)11-10-16-9-5-3-7-13(16)14-11/h10,12H,2-9H2,1H3. The summed E-state index contributed by atoms with van der Waals surface area (Å²) in [5, 5.41) is 0. The van der Waals surface area contributed by atoms with E-state index in [0.29, 0.717) is 6.04 Å². The third-order valence-corrected chi connectivity index (χ3v) is 4.04. The van der Waals surface area contributed by atoms with Crippen LogP contribution >= 0.6 is 0 Å². The second kappa shape index (κ2) is 4.21. The van der Waals surface area contributed by atoms with Crippen LogP contribution in [0.15, 0.2) is 6.20 Å². The number of piperidine rings is 1. The molecule has 3 heterocycles. The summed E-state index contributed by atoms with van der Waals surface area (Å²) in [6.45, 7) is 2.41. The van der Waals surface area contributed by atoms with Crippen LogP contribution < -0.4 is 0 Å². The number of rotatable bonds is 1. The lowest BCUT2D eigenvalue weighted by Gasteiger charge is -2.31. The molecule has 1 fully saturated rings.